The van der Waals surface area contributed by atoms with Crippen LogP contribution < -0.4 is 0 Å². The van der Waals surface area contributed by atoms with Crippen LogP contribution in [0.25, 0.3) is 116 Å². The number of para-hydroxylation sites is 6. The monoisotopic (exact) mass is 750 g/mol. The quantitative estimate of drug-likeness (QED) is 0.165. The van der Waals surface area contributed by atoms with E-state index >= 15 is 0 Å². The second-order valence-electron chi connectivity index (χ2n) is 15.6. The normalized spacial score (nSPS) is 12.1. The summed E-state index contributed by atoms with van der Waals surface area (Å²) in [7, 11) is 0. The maximum atomic E-state index is 5.32. The van der Waals surface area contributed by atoms with Gasteiger partial charge in [0.2, 0.25) is 0 Å². The Hall–Kier alpha value is -7.95. The number of imidazole rings is 1. The molecule has 0 N–H and O–H groups in total. The molecule has 0 spiro atoms. The second kappa shape index (κ2) is 12.3. The molecule has 0 saturated heterocycles. The van der Waals surface area contributed by atoms with Gasteiger partial charge in [-0.3, -0.25) is 4.40 Å². The van der Waals surface area contributed by atoms with Crippen LogP contribution in [-0.4, -0.2) is 18.5 Å². The van der Waals surface area contributed by atoms with E-state index in [1.165, 1.54) is 76.6 Å². The van der Waals surface area contributed by atoms with Gasteiger partial charge in [-0.2, -0.15) is 0 Å². The Morgan fingerprint density at radius 1 is 0.271 bits per heavy atom. The van der Waals surface area contributed by atoms with Crippen LogP contribution >= 0.6 is 0 Å². The van der Waals surface area contributed by atoms with Crippen LogP contribution in [-0.2, 0) is 0 Å². The summed E-state index contributed by atoms with van der Waals surface area (Å²) in [5, 5.41) is 8.52. The second-order valence-corrected chi connectivity index (χ2v) is 15.6. The summed E-state index contributed by atoms with van der Waals surface area (Å²) < 4.78 is 7.12. The van der Waals surface area contributed by atoms with Gasteiger partial charge in [0.05, 0.1) is 38.6 Å². The molecule has 0 aliphatic rings. The van der Waals surface area contributed by atoms with Crippen molar-refractivity contribution in [2.45, 2.75) is 0 Å². The number of hydrogen-bond donors (Lipinski definition) is 0. The van der Waals surface area contributed by atoms with Crippen LogP contribution in [0.3, 0.4) is 0 Å². The molecule has 59 heavy (non-hydrogen) atoms. The van der Waals surface area contributed by atoms with Crippen LogP contribution in [0.1, 0.15) is 0 Å². The van der Waals surface area contributed by atoms with Gasteiger partial charge >= 0.3 is 0 Å². The van der Waals surface area contributed by atoms with Gasteiger partial charge in [0, 0.05) is 43.7 Å². The van der Waals surface area contributed by atoms with Gasteiger partial charge in [-0.1, -0.05) is 121 Å². The molecular formula is C55H34N4. The number of nitrogens with zero attached hydrogens (tertiary/aromatic N) is 4. The summed E-state index contributed by atoms with van der Waals surface area (Å²) >= 11 is 0. The molecule has 0 aliphatic carbocycles. The standard InChI is InChI=1S/C55H34N4/c1-3-13-39(14-4-1)57-49-20-10-7-17-42(49)45-31-36(25-29-51(45)57)35-23-27-41-44-28-24-38(34-54(44)59-53-22-12-9-19-48(53)56-55(59)47(41)33-35)37-26-30-52-46(32-37)43-18-8-11-21-50(43)58(52)40-15-5-2-6-16-40/h1-34H. The number of hydrogen-bond acceptors (Lipinski definition) is 1. The van der Waals surface area contributed by atoms with Gasteiger partial charge < -0.3 is 9.13 Å². The fourth-order valence-corrected chi connectivity index (χ4v) is 9.73. The highest BCUT2D eigenvalue weighted by Gasteiger charge is 2.18. The Labute approximate surface area is 339 Å². The van der Waals surface area contributed by atoms with Crippen molar-refractivity contribution in [1.82, 2.24) is 18.5 Å². The molecule has 4 heteroatoms. The maximum absolute atomic E-state index is 5.32. The number of aromatic nitrogens is 4. The van der Waals surface area contributed by atoms with E-state index in [0.29, 0.717) is 0 Å². The first-order valence-electron chi connectivity index (χ1n) is 20.2. The zero-order chi connectivity index (χ0) is 38.6. The largest absolute Gasteiger partial charge is 0.309 e. The van der Waals surface area contributed by atoms with Gasteiger partial charge in [0.1, 0.15) is 5.65 Å². The van der Waals surface area contributed by atoms with Crippen molar-refractivity contribution in [2.75, 3.05) is 0 Å². The van der Waals surface area contributed by atoms with Crippen LogP contribution in [0, 0.1) is 0 Å². The Bertz CT molecular complexity index is 3830. The predicted octanol–water partition coefficient (Wildman–Crippen LogP) is 14.3. The molecule has 13 rings (SSSR count). The third-order valence-electron chi connectivity index (χ3n) is 12.4. The Kier molecular flexibility index (Phi) is 6.69. The Balaban J connectivity index is 1.01. The van der Waals surface area contributed by atoms with Gasteiger partial charge in [-0.25, -0.2) is 4.98 Å². The summed E-state index contributed by atoms with van der Waals surface area (Å²) in [4.78, 5) is 5.32. The molecule has 4 heterocycles. The first kappa shape index (κ1) is 32.2. The van der Waals surface area contributed by atoms with Gasteiger partial charge in [-0.15, -0.1) is 0 Å². The van der Waals surface area contributed by atoms with E-state index in [-0.39, 0.29) is 0 Å². The molecule has 13 aromatic rings. The highest BCUT2D eigenvalue weighted by atomic mass is 15.0. The third kappa shape index (κ3) is 4.69. The molecule has 0 unspecified atom stereocenters. The first-order chi connectivity index (χ1) is 29.3. The van der Waals surface area contributed by atoms with Crippen molar-refractivity contribution in [3.63, 3.8) is 0 Å². The Morgan fingerprint density at radius 3 is 1.29 bits per heavy atom. The van der Waals surface area contributed by atoms with E-state index in [4.69, 9.17) is 4.98 Å². The molecule has 0 radical (unpaired) electrons. The van der Waals surface area contributed by atoms with E-state index in [9.17, 15) is 0 Å². The van der Waals surface area contributed by atoms with E-state index in [2.05, 4.69) is 220 Å². The van der Waals surface area contributed by atoms with Crippen LogP contribution in [0.2, 0.25) is 0 Å². The molecule has 0 saturated carbocycles. The fourth-order valence-electron chi connectivity index (χ4n) is 9.73. The van der Waals surface area contributed by atoms with Gasteiger partial charge in [-0.05, 0) is 113 Å². The summed E-state index contributed by atoms with van der Waals surface area (Å²) in [6.07, 6.45) is 0. The van der Waals surface area contributed by atoms with Gasteiger partial charge in [0.25, 0.3) is 0 Å². The molecule has 0 bridgehead atoms. The predicted molar refractivity (Wildman–Crippen MR) is 247 cm³/mol. The van der Waals surface area contributed by atoms with Gasteiger partial charge in [0.15, 0.2) is 0 Å². The topological polar surface area (TPSA) is 27.2 Å². The van der Waals surface area contributed by atoms with E-state index in [0.717, 1.165) is 39.0 Å². The first-order valence-corrected chi connectivity index (χ1v) is 20.2. The average molecular weight is 751 g/mol. The third-order valence-corrected chi connectivity index (χ3v) is 12.4. The van der Waals surface area contributed by atoms with Crippen molar-refractivity contribution >= 4 is 82.0 Å². The van der Waals surface area contributed by atoms with E-state index < -0.39 is 0 Å². The minimum atomic E-state index is 0.968. The van der Waals surface area contributed by atoms with Crippen molar-refractivity contribution in [1.29, 1.82) is 0 Å². The lowest BCUT2D eigenvalue weighted by atomic mass is 9.96. The van der Waals surface area contributed by atoms with Crippen LogP contribution in [0.15, 0.2) is 206 Å². The minimum Gasteiger partial charge on any atom is -0.309 e. The zero-order valence-corrected chi connectivity index (χ0v) is 31.9. The van der Waals surface area contributed by atoms with E-state index in [1.807, 2.05) is 0 Å². The molecule has 0 atom stereocenters. The highest BCUT2D eigenvalue weighted by molar-refractivity contribution is 6.16. The lowest BCUT2D eigenvalue weighted by molar-refractivity contribution is 1.18. The average Bonchev–Trinajstić information content (AvgIpc) is 3.97. The number of benzene rings is 9. The summed E-state index contributed by atoms with van der Waals surface area (Å²) in [5.41, 5.74) is 16.1. The molecule has 4 aromatic heterocycles. The number of fused-ring (bicyclic) bond motifs is 14. The molecule has 274 valence electrons. The lowest BCUT2D eigenvalue weighted by Crippen LogP contribution is -1.94. The zero-order valence-electron chi connectivity index (χ0n) is 31.9. The minimum absolute atomic E-state index is 0.968. The van der Waals surface area contributed by atoms with E-state index in [1.54, 1.807) is 0 Å². The lowest BCUT2D eigenvalue weighted by Gasteiger charge is -2.13. The molecular weight excluding hydrogens is 717 g/mol. The van der Waals surface area contributed by atoms with Crippen LogP contribution in [0.4, 0.5) is 0 Å². The van der Waals surface area contributed by atoms with Crippen molar-refractivity contribution < 1.29 is 0 Å². The van der Waals surface area contributed by atoms with Crippen molar-refractivity contribution in [3.8, 4) is 33.6 Å². The molecule has 0 fully saturated rings. The molecule has 0 aliphatic heterocycles. The maximum Gasteiger partial charge on any atom is 0.146 e. The summed E-state index contributed by atoms with van der Waals surface area (Å²) in [6.45, 7) is 0. The number of pyridine rings is 1. The highest BCUT2D eigenvalue weighted by Crippen LogP contribution is 2.40. The molecule has 4 nitrogen and oxygen atoms in total. The Morgan fingerprint density at radius 2 is 0.695 bits per heavy atom. The fraction of sp³-hybridized carbons (Fsp3) is 0. The summed E-state index contributed by atoms with van der Waals surface area (Å²) in [6, 6.07) is 75.0. The van der Waals surface area contributed by atoms with Crippen molar-refractivity contribution in [2.24, 2.45) is 0 Å². The summed E-state index contributed by atoms with van der Waals surface area (Å²) in [5.74, 6) is 0. The van der Waals surface area contributed by atoms with Crippen molar-refractivity contribution in [3.05, 3.63) is 206 Å². The number of rotatable bonds is 4. The SMILES string of the molecule is c1ccc(-n2c3ccccc3c3cc(-c4ccc5c6ccc(-c7ccc8c(c7)c7ccccc7n8-c7ccccc7)cc6n6c7ccccc7nc6c5c4)ccc32)cc1. The smallest absolute Gasteiger partial charge is 0.146 e. The van der Waals surface area contributed by atoms with Crippen LogP contribution in [0.5, 0.6) is 0 Å². The molecule has 9 aromatic carbocycles. The molecule has 0 amide bonds.